The molecule has 10 rings (SSSR count). The smallest absolute Gasteiger partial charge is 0.318 e. The summed E-state index contributed by atoms with van der Waals surface area (Å²) < 4.78 is 25.1. The van der Waals surface area contributed by atoms with Crippen LogP contribution in [-0.2, 0) is 44.4 Å². The Morgan fingerprint density at radius 2 is 1.07 bits per heavy atom. The number of anilines is 4. The fourth-order valence-electron chi connectivity index (χ4n) is 11.6. The third kappa shape index (κ3) is 17.8. The molecule has 0 bridgehead atoms. The van der Waals surface area contributed by atoms with Gasteiger partial charge in [-0.05, 0) is 109 Å². The van der Waals surface area contributed by atoms with Gasteiger partial charge in [0.15, 0.2) is 16.6 Å². The van der Waals surface area contributed by atoms with E-state index in [1.165, 1.54) is 44.6 Å². The molecule has 4 aliphatic rings. The van der Waals surface area contributed by atoms with Crippen LogP contribution in [0.5, 0.6) is 12.0 Å². The Hall–Kier alpha value is -7.40. The summed E-state index contributed by atoms with van der Waals surface area (Å²) in [4.78, 5) is 60.5. The highest BCUT2D eigenvalue weighted by Gasteiger charge is 2.39. The molecule has 2 unspecified atom stereocenters. The van der Waals surface area contributed by atoms with E-state index in [-0.39, 0.29) is 28.6 Å². The van der Waals surface area contributed by atoms with E-state index >= 15 is 0 Å². The van der Waals surface area contributed by atoms with Gasteiger partial charge < -0.3 is 52.5 Å². The number of rotatable bonds is 20. The van der Waals surface area contributed by atoms with Gasteiger partial charge in [-0.25, -0.2) is 13.1 Å². The fourth-order valence-corrected chi connectivity index (χ4v) is 13.8. The molecule has 0 aliphatic carbocycles. The van der Waals surface area contributed by atoms with Crippen molar-refractivity contribution in [2.24, 2.45) is 5.92 Å². The van der Waals surface area contributed by atoms with Crippen LogP contribution in [0.2, 0.25) is 36.3 Å². The second kappa shape index (κ2) is 31.3. The molecule has 2 atom stereocenters. The van der Waals surface area contributed by atoms with Crippen LogP contribution >= 0.6 is 11.6 Å². The first-order chi connectivity index (χ1) is 43.4. The second-order valence-corrected chi connectivity index (χ2v) is 36.9. The maximum atomic E-state index is 12.6. The molecule has 2 fully saturated rings. The Labute approximate surface area is 547 Å². The predicted octanol–water partition coefficient (Wildman–Crippen LogP) is 14.2. The van der Waals surface area contributed by atoms with Crippen molar-refractivity contribution < 1.29 is 27.9 Å². The number of nitrogens with zero attached hydrogens (tertiary/aromatic N) is 11. The lowest BCUT2D eigenvalue weighted by molar-refractivity contribution is -0.128. The molecule has 484 valence electrons. The third-order valence-electron chi connectivity index (χ3n) is 18.7. The lowest BCUT2D eigenvalue weighted by Crippen LogP contribution is -2.56. The van der Waals surface area contributed by atoms with Gasteiger partial charge in [-0.1, -0.05) is 127 Å². The van der Waals surface area contributed by atoms with Crippen LogP contribution in [-0.4, -0.2) is 144 Å². The zero-order valence-electron chi connectivity index (χ0n) is 55.4. The summed E-state index contributed by atoms with van der Waals surface area (Å²) in [5.41, 5.74) is 6.79. The highest BCUT2D eigenvalue weighted by molar-refractivity contribution is 6.74. The predicted molar refractivity (Wildman–Crippen MR) is 375 cm³/mol. The minimum Gasteiger partial charge on any atom is -0.463 e. The summed E-state index contributed by atoms with van der Waals surface area (Å²) in [6.07, 6.45) is 7.80. The van der Waals surface area contributed by atoms with Crippen molar-refractivity contribution in [3.63, 3.8) is 0 Å². The number of halogens is 1. The zero-order chi connectivity index (χ0) is 65.5. The molecule has 17 nitrogen and oxygen atoms in total. The molecule has 2 saturated heterocycles. The number of allylic oxidation sites excluding steroid dienone is 1. The van der Waals surface area contributed by atoms with E-state index in [9.17, 15) is 9.59 Å². The molecular formula is C71H94ClN11O6Si2. The highest BCUT2D eigenvalue weighted by Crippen LogP contribution is 2.40. The van der Waals surface area contributed by atoms with E-state index in [0.717, 1.165) is 106 Å². The summed E-state index contributed by atoms with van der Waals surface area (Å²) in [6.45, 7) is 54.0. The molecule has 1 amide bonds. The number of ether oxygens (including phenoxy) is 2. The summed E-state index contributed by atoms with van der Waals surface area (Å²) in [7, 11) is -3.61. The Balaban J connectivity index is 0.000000219. The van der Waals surface area contributed by atoms with Crippen molar-refractivity contribution in [1.29, 1.82) is 0 Å². The third-order valence-corrected chi connectivity index (χ3v) is 27.9. The van der Waals surface area contributed by atoms with Gasteiger partial charge in [0.25, 0.3) is 0 Å². The van der Waals surface area contributed by atoms with E-state index in [1.807, 2.05) is 0 Å². The normalized spacial score (nSPS) is 16.9. The molecule has 91 heavy (non-hydrogen) atoms. The average Bonchev–Trinajstić information content (AvgIpc) is 1.96. The molecular weight excluding hydrogens is 1190 g/mol. The van der Waals surface area contributed by atoms with Crippen LogP contribution in [0.4, 0.5) is 23.0 Å². The lowest BCUT2D eigenvalue weighted by atomic mass is 9.96. The van der Waals surface area contributed by atoms with Gasteiger partial charge in [-0.3, -0.25) is 9.59 Å². The molecule has 2 aromatic heterocycles. The number of benzene rings is 4. The van der Waals surface area contributed by atoms with Crippen molar-refractivity contribution in [1.82, 2.24) is 24.8 Å². The van der Waals surface area contributed by atoms with E-state index in [0.29, 0.717) is 77.1 Å². The minimum atomic E-state index is -1.83. The second-order valence-electron chi connectivity index (χ2n) is 27.0. The standard InChI is InChI=1S/C35H46N6O3Si.C33H45N5O2Si.C3H3ClO/c1-8-32(42)41-20-19-40(24-27(41)23-36-5)33-29-17-18-39(31-16-11-14-26-13-9-10-15-28(26)31)25-30(29)37-34(38-33)43-21-12-22-44-45(6,7)35(2,3)4;1-33(2,3)41(5,6)40-21-11-20-39-32-35-29-24-37(30-16-9-14-26-13-7-8-15-27(26)30)19-17-28(29)31(36-32)38-18-10-12-25(23-38)22-34-4;1-2-3(4)5/h8-11,13-16,27H,1,12,17-25H2,2-4,6-7H3;7-9,13-16,25H,10-12,17-24H2,1-3,5-6H3;2H,1H2. The van der Waals surface area contributed by atoms with Gasteiger partial charge in [-0.15, -0.1) is 0 Å². The SMILES string of the molecule is C=CC(=O)Cl.[C-]#[N+]CC1CCCN(c2nc(OCCCO[Si](C)(C)C(C)(C)C)nc3c2CCN(c2cccc4ccccc24)C3)C1.[C-]#[N+]CC1CN(c2nc(OCCCO[Si](C)(C)C(C)(C)C)nc3c2CCN(c2cccc4ccccc24)C3)CCN1C(=O)C=C. The maximum absolute atomic E-state index is 12.6. The summed E-state index contributed by atoms with van der Waals surface area (Å²) in [6, 6.07) is 30.6. The van der Waals surface area contributed by atoms with Crippen LogP contribution < -0.4 is 29.1 Å². The van der Waals surface area contributed by atoms with E-state index in [1.54, 1.807) is 4.90 Å². The Kier molecular flexibility index (Phi) is 23.9. The van der Waals surface area contributed by atoms with Gasteiger partial charge in [0.1, 0.15) is 17.7 Å². The average molecular weight is 1290 g/mol. The Morgan fingerprint density at radius 1 is 0.604 bits per heavy atom. The van der Waals surface area contributed by atoms with Crippen LogP contribution in [0.15, 0.2) is 110 Å². The quantitative estimate of drug-likeness (QED) is 0.0235. The van der Waals surface area contributed by atoms with E-state index in [4.69, 9.17) is 63.0 Å². The summed E-state index contributed by atoms with van der Waals surface area (Å²) >= 11 is 4.71. The van der Waals surface area contributed by atoms with Crippen molar-refractivity contribution in [2.75, 3.05) is 105 Å². The first-order valence-electron chi connectivity index (χ1n) is 32.2. The van der Waals surface area contributed by atoms with Gasteiger partial charge in [0.05, 0.1) is 37.7 Å². The molecule has 0 N–H and O–H groups in total. The number of carbonyl (C=O) groups excluding carboxylic acids is 2. The van der Waals surface area contributed by atoms with Crippen molar-refractivity contribution in [3.05, 3.63) is 156 Å². The highest BCUT2D eigenvalue weighted by atomic mass is 35.5. The summed E-state index contributed by atoms with van der Waals surface area (Å²) in [5.74, 6) is 2.11. The van der Waals surface area contributed by atoms with E-state index < -0.39 is 21.9 Å². The number of hydrogen-bond acceptors (Lipinski definition) is 14. The van der Waals surface area contributed by atoms with Gasteiger partial charge in [-0.2, -0.15) is 19.9 Å². The lowest BCUT2D eigenvalue weighted by Gasteiger charge is -2.41. The van der Waals surface area contributed by atoms with Crippen molar-refractivity contribution in [2.45, 2.75) is 135 Å². The van der Waals surface area contributed by atoms with Crippen LogP contribution in [0.1, 0.15) is 89.7 Å². The number of piperidine rings is 1. The molecule has 4 aromatic carbocycles. The van der Waals surface area contributed by atoms with Gasteiger partial charge in [0.2, 0.25) is 24.2 Å². The van der Waals surface area contributed by atoms with Gasteiger partial charge >= 0.3 is 12.0 Å². The molecule has 0 spiro atoms. The van der Waals surface area contributed by atoms with Crippen molar-refractivity contribution >= 4 is 83.9 Å². The number of amides is 1. The minimum absolute atomic E-state index is 0.136. The summed E-state index contributed by atoms with van der Waals surface area (Å²) in [5, 5.41) is 4.80. The Morgan fingerprint density at radius 3 is 1.52 bits per heavy atom. The number of hydrogen-bond donors (Lipinski definition) is 0. The topological polar surface area (TPSA) is 148 Å². The molecule has 6 aromatic rings. The number of fused-ring (bicyclic) bond motifs is 4. The first kappa shape index (κ1) is 69.5. The monoisotopic (exact) mass is 1290 g/mol. The van der Waals surface area contributed by atoms with Crippen LogP contribution in [0.3, 0.4) is 0 Å². The van der Waals surface area contributed by atoms with E-state index in [2.05, 4.69) is 195 Å². The fraction of sp³-hybridized carbons (Fsp3) is 0.493. The largest absolute Gasteiger partial charge is 0.463 e. The number of piperazine rings is 1. The Bertz CT molecular complexity index is 3590. The molecule has 0 radical (unpaired) electrons. The maximum Gasteiger partial charge on any atom is 0.318 e. The zero-order valence-corrected chi connectivity index (χ0v) is 58.2. The molecule has 6 heterocycles. The molecule has 4 aliphatic heterocycles. The first-order valence-corrected chi connectivity index (χ1v) is 38.3. The number of aromatic nitrogens is 4. The number of carbonyl (C=O) groups is 2. The van der Waals surface area contributed by atoms with Crippen LogP contribution in [0.25, 0.3) is 31.2 Å². The molecule has 0 saturated carbocycles. The molecule has 20 heteroatoms. The van der Waals surface area contributed by atoms with Crippen molar-refractivity contribution in [3.8, 4) is 12.0 Å². The van der Waals surface area contributed by atoms with Gasteiger partial charge in [0, 0.05) is 111 Å². The van der Waals surface area contributed by atoms with Crippen LogP contribution in [0, 0.1) is 19.1 Å².